The van der Waals surface area contributed by atoms with E-state index >= 15 is 0 Å². The van der Waals surface area contributed by atoms with Gasteiger partial charge in [0.15, 0.2) is 12.0 Å². The Morgan fingerprint density at radius 3 is 2.41 bits per heavy atom. The summed E-state index contributed by atoms with van der Waals surface area (Å²) in [7, 11) is 3.61. The van der Waals surface area contributed by atoms with E-state index in [2.05, 4.69) is 162 Å². The number of thiophene rings is 1. The van der Waals surface area contributed by atoms with Crippen molar-refractivity contribution in [1.82, 2.24) is 30.8 Å². The number of furan rings is 1. The van der Waals surface area contributed by atoms with Crippen LogP contribution < -0.4 is 25.4 Å². The number of nitrogens with one attached hydrogen (secondary N) is 4. The number of nitriles is 1. The predicted molar refractivity (Wildman–Crippen MR) is 303 cm³/mol. The minimum atomic E-state index is 0.0153. The quantitative estimate of drug-likeness (QED) is 0.00976. The number of aryl methyl sites for hydroxylation is 2. The van der Waals surface area contributed by atoms with Crippen LogP contribution in [0, 0.1) is 25.5 Å². The van der Waals surface area contributed by atoms with Crippen molar-refractivity contribution < 1.29 is 18.7 Å². The third-order valence-electron chi connectivity index (χ3n) is 11.1. The van der Waals surface area contributed by atoms with Gasteiger partial charge in [-0.1, -0.05) is 87.9 Å². The molecule has 12 nitrogen and oxygen atoms in total. The normalized spacial score (nSPS) is 11.6. The fourth-order valence-electron chi connectivity index (χ4n) is 7.28. The maximum Gasteiger partial charge on any atom is 0.204 e. The highest BCUT2D eigenvalue weighted by Gasteiger charge is 2.24. The third-order valence-corrected chi connectivity index (χ3v) is 14.6. The summed E-state index contributed by atoms with van der Waals surface area (Å²) in [6.07, 6.45) is 7.42. The molecule has 366 valence electrons. The number of unbranched alkanes of at least 4 members (excludes halogenated alkanes) is 1. The Labute approximate surface area is 443 Å². The second kappa shape index (κ2) is 30.2. The summed E-state index contributed by atoms with van der Waals surface area (Å²) in [5.74, 6) is 4.94. The molecule has 0 saturated heterocycles. The monoisotopic (exact) mass is 1190 g/mol. The molecule has 0 unspecified atom stereocenters. The Morgan fingerprint density at radius 2 is 1.74 bits per heavy atom. The van der Waals surface area contributed by atoms with E-state index in [0.29, 0.717) is 23.7 Å². The molecule has 1 atom stereocenters. The van der Waals surface area contributed by atoms with Crippen molar-refractivity contribution in [3.63, 3.8) is 0 Å². The van der Waals surface area contributed by atoms with Gasteiger partial charge in [-0.15, -0.1) is 11.3 Å². The summed E-state index contributed by atoms with van der Waals surface area (Å²) in [4.78, 5) is 28.3. The Bertz CT molecular complexity index is 2690. The number of ketones is 1. The fraction of sp³-hybridized carbons (Fsp3) is 0.358. The lowest BCUT2D eigenvalue weighted by Crippen LogP contribution is -2.35. The molecule has 0 bridgehead atoms. The number of guanidine groups is 1. The van der Waals surface area contributed by atoms with Crippen LogP contribution in [-0.2, 0) is 12.2 Å². The van der Waals surface area contributed by atoms with Crippen LogP contribution in [0.15, 0.2) is 112 Å². The number of aliphatic imine (C=N–C) groups is 1. The first kappa shape index (κ1) is 55.3. The van der Waals surface area contributed by atoms with E-state index in [4.69, 9.17) is 19.2 Å². The number of carbonyl (C=O) groups is 1. The summed E-state index contributed by atoms with van der Waals surface area (Å²) in [6.45, 7) is 13.7. The molecule has 7 rings (SSSR count). The lowest BCUT2D eigenvalue weighted by atomic mass is 9.98. The number of rotatable bonds is 22. The molecule has 0 aliphatic carbocycles. The fourth-order valence-corrected chi connectivity index (χ4v) is 11.0. The first-order valence-corrected chi connectivity index (χ1v) is 27.5. The van der Waals surface area contributed by atoms with Crippen molar-refractivity contribution >= 4 is 102 Å². The Morgan fingerprint density at radius 1 is 1.00 bits per heavy atom. The van der Waals surface area contributed by atoms with Crippen LogP contribution in [0.1, 0.15) is 84.1 Å². The number of likely N-dealkylation sites (N-methyl/N-ethyl adjacent to an activating group) is 1. The number of fused-ring (bicyclic) bond motifs is 2. The van der Waals surface area contributed by atoms with Crippen LogP contribution >= 0.6 is 68.3 Å². The number of para-hydroxylation sites is 1. The van der Waals surface area contributed by atoms with Gasteiger partial charge < -0.3 is 34.4 Å². The number of carbonyl (C=O) groups excluding carboxylic acids is 1. The summed E-state index contributed by atoms with van der Waals surface area (Å²) in [6, 6.07) is 30.5. The minimum absolute atomic E-state index is 0.0153. The Kier molecular flexibility index (Phi) is 24.2. The molecule has 0 fully saturated rings. The van der Waals surface area contributed by atoms with Gasteiger partial charge in [-0.05, 0) is 126 Å². The van der Waals surface area contributed by atoms with Crippen LogP contribution in [0.25, 0.3) is 21.7 Å². The van der Waals surface area contributed by atoms with Crippen molar-refractivity contribution in [2.45, 2.75) is 65.2 Å². The number of thioether (sulfide) groups is 1. The van der Waals surface area contributed by atoms with Gasteiger partial charge in [0.05, 0.1) is 24.7 Å². The summed E-state index contributed by atoms with van der Waals surface area (Å²) >= 11 is 8.08. The highest BCUT2D eigenvalue weighted by Crippen LogP contribution is 2.35. The molecular formula is C53H64I2N8O4S2. The summed E-state index contributed by atoms with van der Waals surface area (Å²) < 4.78 is 20.4. The van der Waals surface area contributed by atoms with Gasteiger partial charge in [-0.3, -0.25) is 15.1 Å². The van der Waals surface area contributed by atoms with Crippen molar-refractivity contribution in [2.24, 2.45) is 4.99 Å². The zero-order chi connectivity index (χ0) is 49.4. The topological polar surface area (TPSA) is 153 Å². The molecule has 0 radical (unpaired) electrons. The highest BCUT2D eigenvalue weighted by molar-refractivity contribution is 14.1. The summed E-state index contributed by atoms with van der Waals surface area (Å²) in [5, 5.41) is 22.5. The van der Waals surface area contributed by atoms with E-state index in [1.165, 1.54) is 15.6 Å². The second-order valence-electron chi connectivity index (χ2n) is 15.7. The standard InChI is InChI=1S/C25H29I2NO3.C18H19NOS.C10H16N6S/c1-4-7-11-22-23(18-10-8-9-12-21(18)31-22)24(29)17-15-19(26)25(20(27)16-17)30-14-13-28(5-2)6-3;1-19-12-11-17(18-10-5-13-21-18)20-16-9-4-7-14-6-2-3-8-15(14)16;1-8-9(16-7-15-8)5-17-4-3-13-10(12-2)14-6-11/h8-10,12,15-16H,4-7,11,13-14H2,1-3H3;2-10,13,17,19H,11-12H2,1H3;7H,3-5H2,1-2H3,(H,15,16)(H2,12,13,14)/t;17-;/m.0./s1. The van der Waals surface area contributed by atoms with E-state index in [9.17, 15) is 4.79 Å². The third kappa shape index (κ3) is 16.7. The number of ether oxygens (including phenoxy) is 2. The van der Waals surface area contributed by atoms with Crippen molar-refractivity contribution in [1.29, 1.82) is 5.26 Å². The number of hydrogen-bond donors (Lipinski definition) is 4. The van der Waals surface area contributed by atoms with E-state index in [1.54, 1.807) is 36.5 Å². The van der Waals surface area contributed by atoms with Gasteiger partial charge in [-0.25, -0.2) is 4.98 Å². The van der Waals surface area contributed by atoms with E-state index in [1.807, 2.05) is 56.6 Å². The number of H-pyrrole nitrogens is 1. The largest absolute Gasteiger partial charge is 0.490 e. The van der Waals surface area contributed by atoms with Crippen molar-refractivity contribution in [3.05, 3.63) is 143 Å². The molecule has 3 aromatic heterocycles. The van der Waals surface area contributed by atoms with Crippen LogP contribution in [0.5, 0.6) is 11.5 Å². The van der Waals surface area contributed by atoms with Crippen molar-refractivity contribution in [2.75, 3.05) is 59.2 Å². The number of imidazole rings is 1. The minimum Gasteiger partial charge on any atom is -0.490 e. The van der Waals surface area contributed by atoms with Crippen LogP contribution in [0.2, 0.25) is 0 Å². The Hall–Kier alpha value is -4.65. The zero-order valence-corrected chi connectivity index (χ0v) is 46.3. The SMILES string of the molecule is CCCCc1oc2ccccc2c1C(=O)c1cc(I)c(OCCN(CC)CC)c(I)c1.CN=C(NC#N)NCCSCc1nc[nH]c1C.CNCC[C@H](Oc1cccc2ccccc12)c1cccs1. The molecule has 7 aromatic rings. The average Bonchev–Trinajstić information content (AvgIpc) is 4.15. The molecule has 4 aromatic carbocycles. The molecule has 0 spiro atoms. The number of aromatic amines is 1. The van der Waals surface area contributed by atoms with Crippen LogP contribution in [-0.4, -0.2) is 85.8 Å². The van der Waals surface area contributed by atoms with Gasteiger partial charge >= 0.3 is 0 Å². The average molecular weight is 1200 g/mol. The van der Waals surface area contributed by atoms with Crippen LogP contribution in [0.4, 0.5) is 0 Å². The first-order chi connectivity index (χ1) is 33.6. The second-order valence-corrected chi connectivity index (χ2v) is 20.1. The number of benzene rings is 4. The number of halogens is 2. The maximum absolute atomic E-state index is 13.6. The summed E-state index contributed by atoms with van der Waals surface area (Å²) in [5.41, 5.74) is 4.36. The van der Waals surface area contributed by atoms with E-state index in [-0.39, 0.29) is 11.9 Å². The van der Waals surface area contributed by atoms with Gasteiger partial charge in [0.1, 0.15) is 35.6 Å². The van der Waals surface area contributed by atoms with Gasteiger partial charge in [0.2, 0.25) is 5.96 Å². The molecule has 16 heteroatoms. The predicted octanol–water partition coefficient (Wildman–Crippen LogP) is 12.2. The van der Waals surface area contributed by atoms with Crippen molar-refractivity contribution in [3.8, 4) is 17.7 Å². The Balaban J connectivity index is 0.000000204. The maximum atomic E-state index is 13.6. The van der Waals surface area contributed by atoms with Gasteiger partial charge in [0.25, 0.3) is 0 Å². The molecule has 4 N–H and O–H groups in total. The number of nitrogens with zero attached hydrogens (tertiary/aromatic N) is 4. The molecule has 0 aliphatic rings. The van der Waals surface area contributed by atoms with Gasteiger partial charge in [-0.2, -0.15) is 17.0 Å². The molecule has 0 saturated carbocycles. The smallest absolute Gasteiger partial charge is 0.204 e. The van der Waals surface area contributed by atoms with E-state index in [0.717, 1.165) is 117 Å². The lowest BCUT2D eigenvalue weighted by Gasteiger charge is -2.19. The lowest BCUT2D eigenvalue weighted by molar-refractivity contribution is 0.103. The molecule has 69 heavy (non-hydrogen) atoms. The van der Waals surface area contributed by atoms with Gasteiger partial charge in [0, 0.05) is 71.4 Å². The van der Waals surface area contributed by atoms with Crippen LogP contribution in [0.3, 0.4) is 0 Å². The molecular weight excluding hydrogens is 1130 g/mol. The number of hydrogen-bond acceptors (Lipinski definition) is 11. The molecule has 0 aliphatic heterocycles. The highest BCUT2D eigenvalue weighted by atomic mass is 127. The molecule has 0 amide bonds. The number of aromatic nitrogens is 2. The zero-order valence-electron chi connectivity index (χ0n) is 40.4. The van der Waals surface area contributed by atoms with E-state index < -0.39 is 0 Å². The molecule has 3 heterocycles. The first-order valence-electron chi connectivity index (χ1n) is 23.3.